The first-order valence-electron chi connectivity index (χ1n) is 11.4. The van der Waals surface area contributed by atoms with Crippen LogP contribution in [-0.4, -0.2) is 80.0 Å². The van der Waals surface area contributed by atoms with E-state index in [1.54, 1.807) is 25.5 Å². The number of aryl methyl sites for hydroxylation is 1. The number of carbonyl (C=O) groups is 1. The second-order valence-corrected chi connectivity index (χ2v) is 9.37. The Balaban J connectivity index is 1.38. The van der Waals surface area contributed by atoms with E-state index in [1.807, 2.05) is 12.1 Å². The van der Waals surface area contributed by atoms with Gasteiger partial charge in [-0.05, 0) is 49.2 Å². The highest BCUT2D eigenvalue weighted by molar-refractivity contribution is 6.64. The Hall–Kier alpha value is -2.41. The number of oxazole rings is 1. The SMILES string of the molecule is [B]C([B])([B])C(NC1CCC(C(=O)Nc2cc3cc(-c4cnc(C)o4)ncc3cn2)CC1)C([B])([B])[B]. The molecular weight excluding hydrogens is 431 g/mol. The first-order valence-corrected chi connectivity index (χ1v) is 11.4. The van der Waals surface area contributed by atoms with E-state index in [9.17, 15) is 4.79 Å². The lowest BCUT2D eigenvalue weighted by Crippen LogP contribution is -2.55. The summed E-state index contributed by atoms with van der Waals surface area (Å²) in [4.78, 5) is 25.8. The first-order chi connectivity index (χ1) is 16.4. The minimum Gasteiger partial charge on any atom is -0.439 e. The smallest absolute Gasteiger partial charge is 0.228 e. The van der Waals surface area contributed by atoms with Crippen LogP contribution in [0.15, 0.2) is 35.1 Å². The summed E-state index contributed by atoms with van der Waals surface area (Å²) in [7, 11) is 34.8. The van der Waals surface area contributed by atoms with Gasteiger partial charge in [-0.1, -0.05) is 0 Å². The average molecular weight is 452 g/mol. The van der Waals surface area contributed by atoms with Crippen LogP contribution >= 0.6 is 0 Å². The van der Waals surface area contributed by atoms with Crippen molar-refractivity contribution in [1.82, 2.24) is 20.3 Å². The molecule has 0 bridgehead atoms. The van der Waals surface area contributed by atoms with Crippen molar-refractivity contribution in [2.75, 3.05) is 5.32 Å². The second kappa shape index (κ2) is 9.92. The quantitative estimate of drug-likeness (QED) is 0.524. The van der Waals surface area contributed by atoms with Crippen LogP contribution < -0.4 is 10.6 Å². The molecule has 0 spiro atoms. The van der Waals surface area contributed by atoms with Crippen LogP contribution in [0, 0.1) is 12.8 Å². The zero-order valence-corrected chi connectivity index (χ0v) is 19.6. The molecule has 3 aromatic heterocycles. The van der Waals surface area contributed by atoms with E-state index in [1.165, 1.54) is 0 Å². The molecule has 2 N–H and O–H groups in total. The first kappa shape index (κ1) is 25.7. The number of nitrogens with zero attached hydrogens (tertiary/aromatic N) is 3. The molecule has 0 aromatic carbocycles. The highest BCUT2D eigenvalue weighted by Gasteiger charge is 2.35. The molecule has 4 rings (SSSR count). The van der Waals surface area contributed by atoms with Crippen molar-refractivity contribution in [3.8, 4) is 11.5 Å². The number of hydrogen-bond donors (Lipinski definition) is 2. The lowest BCUT2D eigenvalue weighted by Gasteiger charge is -2.47. The third-order valence-electron chi connectivity index (χ3n) is 6.23. The number of amides is 1. The van der Waals surface area contributed by atoms with Crippen LogP contribution in [0.1, 0.15) is 31.6 Å². The standard InChI is InChI=1S/C22H21B6N5O2/c1-11-29-10-17(35-11)16-6-13-7-18(31-9-14(13)8-30-16)33-19(34)12-2-4-15(5-3-12)32-20(21(23,24)25)22(26,27)28/h6-10,12,15,20,32H,2-5H2,1H3,(H,31,33,34). The van der Waals surface area contributed by atoms with Crippen LogP contribution in [0.2, 0.25) is 10.2 Å². The van der Waals surface area contributed by atoms with Gasteiger partial charge in [0, 0.05) is 36.7 Å². The van der Waals surface area contributed by atoms with Gasteiger partial charge in [-0.25, -0.2) is 9.97 Å². The van der Waals surface area contributed by atoms with Crippen molar-refractivity contribution in [2.45, 2.75) is 54.9 Å². The van der Waals surface area contributed by atoms with Crippen molar-refractivity contribution in [1.29, 1.82) is 0 Å². The van der Waals surface area contributed by atoms with E-state index in [-0.39, 0.29) is 17.9 Å². The highest BCUT2D eigenvalue weighted by Crippen LogP contribution is 2.34. The molecule has 7 nitrogen and oxygen atoms in total. The summed E-state index contributed by atoms with van der Waals surface area (Å²) in [6.07, 6.45) is 7.65. The lowest BCUT2D eigenvalue weighted by molar-refractivity contribution is -0.120. The molecule has 35 heavy (non-hydrogen) atoms. The predicted octanol–water partition coefficient (Wildman–Crippen LogP) is 1.21. The molecule has 0 saturated heterocycles. The van der Waals surface area contributed by atoms with Crippen LogP contribution in [0.25, 0.3) is 22.2 Å². The number of aromatic nitrogens is 3. The summed E-state index contributed by atoms with van der Waals surface area (Å²) in [6.45, 7) is 1.77. The fourth-order valence-corrected chi connectivity index (χ4v) is 4.43. The number of fused-ring (bicyclic) bond motifs is 1. The molecule has 3 heterocycles. The fraction of sp³-hybridized carbons (Fsp3) is 0.455. The maximum atomic E-state index is 12.9. The Morgan fingerprint density at radius 3 is 2.20 bits per heavy atom. The van der Waals surface area contributed by atoms with Crippen molar-refractivity contribution in [3.63, 3.8) is 0 Å². The van der Waals surface area contributed by atoms with Crippen molar-refractivity contribution in [3.05, 3.63) is 36.6 Å². The topological polar surface area (TPSA) is 92.9 Å². The van der Waals surface area contributed by atoms with E-state index in [2.05, 4.69) is 25.6 Å². The summed E-state index contributed by atoms with van der Waals surface area (Å²) in [5.41, 5.74) is 0.651. The summed E-state index contributed by atoms with van der Waals surface area (Å²) < 4.78 is 5.56. The highest BCUT2D eigenvalue weighted by atomic mass is 16.4. The third kappa shape index (κ3) is 6.24. The summed E-state index contributed by atoms with van der Waals surface area (Å²) in [5.74, 6) is 1.33. The number of hydrogen-bond acceptors (Lipinski definition) is 6. The molecular formula is C22H21B6N5O2. The fourth-order valence-electron chi connectivity index (χ4n) is 4.43. The molecule has 1 aliphatic carbocycles. The molecule has 1 fully saturated rings. The van der Waals surface area contributed by atoms with E-state index in [0.29, 0.717) is 48.8 Å². The van der Waals surface area contributed by atoms with Crippen molar-refractivity contribution >= 4 is 69.6 Å². The second-order valence-electron chi connectivity index (χ2n) is 9.37. The van der Waals surface area contributed by atoms with Gasteiger partial charge in [0.1, 0.15) is 11.5 Å². The van der Waals surface area contributed by atoms with Crippen LogP contribution in [0.4, 0.5) is 5.82 Å². The minimum absolute atomic E-state index is 0.0291. The van der Waals surface area contributed by atoms with E-state index in [0.717, 1.165) is 10.8 Å². The number of carbonyl (C=O) groups excluding carboxylic acids is 1. The molecule has 13 heteroatoms. The van der Waals surface area contributed by atoms with Crippen molar-refractivity contribution < 1.29 is 9.21 Å². The van der Waals surface area contributed by atoms with E-state index in [4.69, 9.17) is 51.5 Å². The Kier molecular flexibility index (Phi) is 7.28. The molecule has 1 aliphatic rings. The Morgan fingerprint density at radius 1 is 0.943 bits per heavy atom. The Labute approximate surface area is 213 Å². The Bertz CT molecular complexity index is 1190. The molecule has 0 unspecified atom stereocenters. The molecule has 1 amide bonds. The third-order valence-corrected chi connectivity index (χ3v) is 6.23. The largest absolute Gasteiger partial charge is 0.439 e. The van der Waals surface area contributed by atoms with Crippen LogP contribution in [0.5, 0.6) is 0 Å². The average Bonchev–Trinajstić information content (AvgIpc) is 3.22. The van der Waals surface area contributed by atoms with Gasteiger partial charge in [-0.3, -0.25) is 9.78 Å². The number of nitrogens with one attached hydrogen (secondary N) is 2. The van der Waals surface area contributed by atoms with Gasteiger partial charge in [-0.15, -0.1) is 10.2 Å². The summed E-state index contributed by atoms with van der Waals surface area (Å²) >= 11 is 0. The summed E-state index contributed by atoms with van der Waals surface area (Å²) in [5, 5.41) is 4.42. The minimum atomic E-state index is -1.70. The van der Waals surface area contributed by atoms with Gasteiger partial charge in [0.2, 0.25) is 5.91 Å². The maximum absolute atomic E-state index is 12.9. The summed E-state index contributed by atoms with van der Waals surface area (Å²) in [6, 6.07) is 2.73. The van der Waals surface area contributed by atoms with E-state index >= 15 is 0 Å². The van der Waals surface area contributed by atoms with Gasteiger partial charge in [0.05, 0.1) is 53.3 Å². The Morgan fingerprint density at radius 2 is 1.60 bits per heavy atom. The van der Waals surface area contributed by atoms with Gasteiger partial charge in [0.25, 0.3) is 0 Å². The molecule has 1 saturated carbocycles. The zero-order valence-electron chi connectivity index (χ0n) is 19.6. The van der Waals surface area contributed by atoms with E-state index < -0.39 is 16.3 Å². The van der Waals surface area contributed by atoms with Gasteiger partial charge >= 0.3 is 0 Å². The molecule has 164 valence electrons. The molecule has 0 aliphatic heterocycles. The van der Waals surface area contributed by atoms with Gasteiger partial charge in [-0.2, -0.15) is 0 Å². The number of pyridine rings is 2. The maximum Gasteiger partial charge on any atom is 0.228 e. The van der Waals surface area contributed by atoms with Gasteiger partial charge < -0.3 is 15.1 Å². The van der Waals surface area contributed by atoms with Crippen LogP contribution in [0.3, 0.4) is 0 Å². The zero-order chi connectivity index (χ0) is 25.4. The monoisotopic (exact) mass is 453 g/mol. The van der Waals surface area contributed by atoms with Crippen molar-refractivity contribution in [2.24, 2.45) is 5.92 Å². The lowest BCUT2D eigenvalue weighted by atomic mass is 9.27. The molecule has 0 atom stereocenters. The molecule has 12 radical (unpaired) electrons. The normalized spacial score (nSPS) is 19.1. The predicted molar refractivity (Wildman–Crippen MR) is 141 cm³/mol. The van der Waals surface area contributed by atoms with Gasteiger partial charge in [0.15, 0.2) is 11.7 Å². The van der Waals surface area contributed by atoms with Crippen LogP contribution in [-0.2, 0) is 4.79 Å². The number of rotatable bonds is 7. The molecule has 3 aromatic rings. The number of anilines is 1.